The van der Waals surface area contributed by atoms with E-state index in [2.05, 4.69) is 31.1 Å². The van der Waals surface area contributed by atoms with Crippen molar-refractivity contribution in [2.75, 3.05) is 18.0 Å². The fourth-order valence-electron chi connectivity index (χ4n) is 3.20. The third-order valence-electron chi connectivity index (χ3n) is 4.55. The second-order valence-electron chi connectivity index (χ2n) is 6.31. The second kappa shape index (κ2) is 8.33. The first kappa shape index (κ1) is 17.7. The van der Waals surface area contributed by atoms with Crippen LogP contribution in [0, 0.1) is 0 Å². The summed E-state index contributed by atoms with van der Waals surface area (Å²) < 4.78 is 4.39. The Labute approximate surface area is 152 Å². The van der Waals surface area contributed by atoms with E-state index < -0.39 is 0 Å². The SMILES string of the molecule is CCc1nsc(N2CCCC(N(Cc3cncnc3)C(C)=O)CC2)n1. The van der Waals surface area contributed by atoms with Gasteiger partial charge in [-0.25, -0.2) is 15.0 Å². The minimum Gasteiger partial charge on any atom is -0.347 e. The Kier molecular flexibility index (Phi) is 5.91. The van der Waals surface area contributed by atoms with Crippen molar-refractivity contribution in [2.45, 2.75) is 52.1 Å². The lowest BCUT2D eigenvalue weighted by Gasteiger charge is -2.30. The van der Waals surface area contributed by atoms with Gasteiger partial charge in [0.05, 0.1) is 0 Å². The van der Waals surface area contributed by atoms with E-state index in [1.54, 1.807) is 19.3 Å². The highest BCUT2D eigenvalue weighted by Crippen LogP contribution is 2.24. The van der Waals surface area contributed by atoms with Gasteiger partial charge in [-0.1, -0.05) is 6.92 Å². The number of rotatable bonds is 5. The third-order valence-corrected chi connectivity index (χ3v) is 5.37. The van der Waals surface area contributed by atoms with E-state index in [0.717, 1.165) is 55.3 Å². The Morgan fingerprint density at radius 1 is 1.32 bits per heavy atom. The first-order valence-electron chi connectivity index (χ1n) is 8.76. The van der Waals surface area contributed by atoms with Crippen LogP contribution in [0.4, 0.5) is 5.13 Å². The summed E-state index contributed by atoms with van der Waals surface area (Å²) in [5, 5.41) is 1.00. The molecule has 134 valence electrons. The van der Waals surface area contributed by atoms with Crippen molar-refractivity contribution in [1.29, 1.82) is 0 Å². The third kappa shape index (κ3) is 4.50. The Bertz CT molecular complexity index is 691. The van der Waals surface area contributed by atoms with Gasteiger partial charge in [0.1, 0.15) is 12.2 Å². The molecule has 0 N–H and O–H groups in total. The summed E-state index contributed by atoms with van der Waals surface area (Å²) in [5.74, 6) is 1.02. The van der Waals surface area contributed by atoms with E-state index in [4.69, 9.17) is 0 Å². The molecule has 2 aromatic rings. The van der Waals surface area contributed by atoms with E-state index in [9.17, 15) is 4.79 Å². The summed E-state index contributed by atoms with van der Waals surface area (Å²) in [6.45, 7) is 6.15. The number of aryl methyl sites for hydroxylation is 1. The zero-order valence-electron chi connectivity index (χ0n) is 14.8. The van der Waals surface area contributed by atoms with Crippen LogP contribution >= 0.6 is 11.5 Å². The van der Waals surface area contributed by atoms with Crippen LogP contribution in [0.15, 0.2) is 18.7 Å². The van der Waals surface area contributed by atoms with E-state index in [1.807, 2.05) is 4.90 Å². The maximum absolute atomic E-state index is 12.2. The van der Waals surface area contributed by atoms with Gasteiger partial charge in [-0.05, 0) is 19.3 Å². The highest BCUT2D eigenvalue weighted by atomic mass is 32.1. The highest BCUT2D eigenvalue weighted by molar-refractivity contribution is 7.09. The van der Waals surface area contributed by atoms with E-state index in [0.29, 0.717) is 6.54 Å². The molecule has 0 aromatic carbocycles. The molecule has 2 aromatic heterocycles. The summed E-state index contributed by atoms with van der Waals surface area (Å²) in [5.41, 5.74) is 0.968. The van der Waals surface area contributed by atoms with Crippen molar-refractivity contribution >= 4 is 22.6 Å². The van der Waals surface area contributed by atoms with Gasteiger partial charge in [0.15, 0.2) is 0 Å². The topological polar surface area (TPSA) is 75.1 Å². The van der Waals surface area contributed by atoms with E-state index in [1.165, 1.54) is 17.9 Å². The number of amides is 1. The molecule has 0 saturated carbocycles. The maximum atomic E-state index is 12.2. The molecule has 1 aliphatic heterocycles. The number of carbonyl (C=O) groups is 1. The Hall–Kier alpha value is -2.09. The van der Waals surface area contributed by atoms with Gasteiger partial charge in [0.25, 0.3) is 0 Å². The summed E-state index contributed by atoms with van der Waals surface area (Å²) in [4.78, 5) is 29.2. The van der Waals surface area contributed by atoms with Gasteiger partial charge in [0, 0.05) is 68.5 Å². The summed E-state index contributed by atoms with van der Waals surface area (Å²) >= 11 is 1.48. The van der Waals surface area contributed by atoms with Crippen molar-refractivity contribution in [3.8, 4) is 0 Å². The number of aromatic nitrogens is 4. The first-order chi connectivity index (χ1) is 12.2. The first-order valence-corrected chi connectivity index (χ1v) is 9.53. The monoisotopic (exact) mass is 360 g/mol. The fourth-order valence-corrected chi connectivity index (χ4v) is 4.01. The molecular formula is C17H24N6OS. The minimum atomic E-state index is 0.103. The predicted molar refractivity (Wildman–Crippen MR) is 97.4 cm³/mol. The number of anilines is 1. The number of carbonyl (C=O) groups excluding carboxylic acids is 1. The summed E-state index contributed by atoms with van der Waals surface area (Å²) in [6.07, 6.45) is 8.92. The van der Waals surface area contributed by atoms with Crippen LogP contribution in [0.1, 0.15) is 44.5 Å². The van der Waals surface area contributed by atoms with Crippen LogP contribution < -0.4 is 4.90 Å². The fraction of sp³-hybridized carbons (Fsp3) is 0.588. The van der Waals surface area contributed by atoms with Crippen LogP contribution in [0.2, 0.25) is 0 Å². The lowest BCUT2D eigenvalue weighted by atomic mass is 10.1. The molecule has 25 heavy (non-hydrogen) atoms. The largest absolute Gasteiger partial charge is 0.347 e. The predicted octanol–water partition coefficient (Wildman–Crippen LogP) is 2.30. The summed E-state index contributed by atoms with van der Waals surface area (Å²) in [6, 6.07) is 0.237. The van der Waals surface area contributed by atoms with E-state index >= 15 is 0 Å². The van der Waals surface area contributed by atoms with Crippen molar-refractivity contribution in [1.82, 2.24) is 24.2 Å². The highest BCUT2D eigenvalue weighted by Gasteiger charge is 2.26. The minimum absolute atomic E-state index is 0.103. The van der Waals surface area contributed by atoms with Gasteiger partial charge in [-0.3, -0.25) is 4.79 Å². The zero-order chi connectivity index (χ0) is 17.6. The molecule has 1 amide bonds. The molecule has 1 fully saturated rings. The molecule has 3 heterocycles. The van der Waals surface area contributed by atoms with Gasteiger partial charge < -0.3 is 9.80 Å². The van der Waals surface area contributed by atoms with Gasteiger partial charge in [-0.2, -0.15) is 4.37 Å². The van der Waals surface area contributed by atoms with Crippen molar-refractivity contribution in [3.63, 3.8) is 0 Å². The molecule has 0 aliphatic carbocycles. The average molecular weight is 360 g/mol. The molecule has 0 radical (unpaired) electrons. The number of nitrogens with zero attached hydrogens (tertiary/aromatic N) is 6. The zero-order valence-corrected chi connectivity index (χ0v) is 15.6. The van der Waals surface area contributed by atoms with Crippen molar-refractivity contribution in [3.05, 3.63) is 30.1 Å². The Morgan fingerprint density at radius 2 is 2.12 bits per heavy atom. The molecule has 0 bridgehead atoms. The van der Waals surface area contributed by atoms with Gasteiger partial charge in [0.2, 0.25) is 11.0 Å². The van der Waals surface area contributed by atoms with Crippen LogP contribution in [0.25, 0.3) is 0 Å². The lowest BCUT2D eigenvalue weighted by molar-refractivity contribution is -0.132. The molecule has 0 spiro atoms. The van der Waals surface area contributed by atoms with Crippen LogP contribution in [-0.2, 0) is 17.8 Å². The standard InChI is InChI=1S/C17H24N6OS/c1-3-16-20-17(25-21-16)22-7-4-5-15(6-8-22)23(13(2)24)11-14-9-18-12-19-10-14/h9-10,12,15H,3-8,11H2,1-2H3. The summed E-state index contributed by atoms with van der Waals surface area (Å²) in [7, 11) is 0. The second-order valence-corrected chi connectivity index (χ2v) is 7.04. The molecule has 3 rings (SSSR count). The average Bonchev–Trinajstić information content (AvgIpc) is 2.98. The molecule has 7 nitrogen and oxygen atoms in total. The van der Waals surface area contributed by atoms with Crippen LogP contribution in [0.3, 0.4) is 0 Å². The molecule has 1 unspecified atom stereocenters. The Morgan fingerprint density at radius 3 is 2.80 bits per heavy atom. The maximum Gasteiger partial charge on any atom is 0.219 e. The van der Waals surface area contributed by atoms with Crippen molar-refractivity contribution in [2.24, 2.45) is 0 Å². The molecular weight excluding hydrogens is 336 g/mol. The molecule has 1 aliphatic rings. The van der Waals surface area contributed by atoms with Crippen LogP contribution in [0.5, 0.6) is 0 Å². The Balaban J connectivity index is 1.66. The molecule has 1 saturated heterocycles. The van der Waals surface area contributed by atoms with E-state index in [-0.39, 0.29) is 11.9 Å². The number of hydrogen-bond acceptors (Lipinski definition) is 7. The smallest absolute Gasteiger partial charge is 0.219 e. The van der Waals surface area contributed by atoms with Gasteiger partial charge >= 0.3 is 0 Å². The van der Waals surface area contributed by atoms with Gasteiger partial charge in [-0.15, -0.1) is 0 Å². The van der Waals surface area contributed by atoms with Crippen molar-refractivity contribution < 1.29 is 4.79 Å². The number of hydrogen-bond donors (Lipinski definition) is 0. The molecule has 1 atom stereocenters. The molecule has 8 heteroatoms. The normalized spacial score (nSPS) is 18.0. The van der Waals surface area contributed by atoms with Crippen LogP contribution in [-0.4, -0.2) is 49.3 Å². The quantitative estimate of drug-likeness (QED) is 0.814. The lowest BCUT2D eigenvalue weighted by Crippen LogP contribution is -2.39.